The van der Waals surface area contributed by atoms with E-state index in [-0.39, 0.29) is 35.5 Å². The van der Waals surface area contributed by atoms with Crippen molar-refractivity contribution < 1.29 is 32.2 Å². The first-order valence-corrected chi connectivity index (χ1v) is 17.7. The lowest BCUT2D eigenvalue weighted by atomic mass is 10.0. The molecule has 4 aromatic carbocycles. The van der Waals surface area contributed by atoms with Gasteiger partial charge in [0.2, 0.25) is 11.8 Å². The molecule has 0 unspecified atom stereocenters. The van der Waals surface area contributed by atoms with Gasteiger partial charge in [0.05, 0.1) is 31.9 Å². The minimum absolute atomic E-state index is 0.0109. The number of nitrogens with zero attached hydrogens (tertiary/aromatic N) is 2. The fourth-order valence-electron chi connectivity index (χ4n) is 6.12. The molecule has 10 nitrogen and oxygen atoms in total. The van der Waals surface area contributed by atoms with Gasteiger partial charge in [0.15, 0.2) is 11.5 Å². The van der Waals surface area contributed by atoms with Gasteiger partial charge < -0.3 is 24.4 Å². The van der Waals surface area contributed by atoms with Crippen molar-refractivity contribution >= 4 is 27.5 Å². The number of ether oxygens (including phenoxy) is 3. The largest absolute Gasteiger partial charge is 0.497 e. The predicted octanol–water partition coefficient (Wildman–Crippen LogP) is 5.61. The van der Waals surface area contributed by atoms with Gasteiger partial charge in [-0.3, -0.25) is 13.9 Å². The maximum absolute atomic E-state index is 14.8. The molecule has 5 rings (SSSR count). The normalized spacial score (nSPS) is 13.7. The van der Waals surface area contributed by atoms with Crippen molar-refractivity contribution in [1.82, 2.24) is 10.2 Å². The Morgan fingerprint density at radius 1 is 0.776 bits per heavy atom. The summed E-state index contributed by atoms with van der Waals surface area (Å²) in [7, 11) is 0.235. The van der Waals surface area contributed by atoms with E-state index in [1.165, 1.54) is 37.3 Å². The highest BCUT2D eigenvalue weighted by molar-refractivity contribution is 7.92. The second kappa shape index (κ2) is 16.4. The quantitative estimate of drug-likeness (QED) is 0.173. The Morgan fingerprint density at radius 3 is 2.08 bits per heavy atom. The standard InChI is InChI=1S/C38H43N3O7S/c1-46-32-18-12-15-29(23-32)26-40(34(24-28-13-6-4-7-14-28)38(43)39-30-16-10-11-17-30)37(42)27-41(49(44,45)33-19-8-5-9-20-33)31-21-22-35(47-2)36(25-31)48-3/h4-9,12-15,18-23,25,30,34H,10-11,16-17,24,26-27H2,1-3H3,(H,39,43)/t34-/m0/s1. The predicted molar refractivity (Wildman–Crippen MR) is 188 cm³/mol. The first-order valence-electron chi connectivity index (χ1n) is 16.3. The SMILES string of the molecule is COc1cccc(CN(C(=O)CN(c2ccc(OC)c(OC)c2)S(=O)(=O)c2ccccc2)[C@@H](Cc2ccccc2)C(=O)NC2CCCC2)c1. The Kier molecular flexibility index (Phi) is 11.8. The molecule has 258 valence electrons. The lowest BCUT2D eigenvalue weighted by molar-refractivity contribution is -0.140. The summed E-state index contributed by atoms with van der Waals surface area (Å²) in [5, 5.41) is 3.19. The van der Waals surface area contributed by atoms with Crippen LogP contribution in [0.5, 0.6) is 17.2 Å². The molecule has 0 aliphatic heterocycles. The number of benzene rings is 4. The monoisotopic (exact) mass is 685 g/mol. The smallest absolute Gasteiger partial charge is 0.264 e. The van der Waals surface area contributed by atoms with Gasteiger partial charge in [-0.1, -0.05) is 73.5 Å². The van der Waals surface area contributed by atoms with Crippen LogP contribution in [0.15, 0.2) is 108 Å². The molecule has 49 heavy (non-hydrogen) atoms. The third kappa shape index (κ3) is 8.72. The highest BCUT2D eigenvalue weighted by Gasteiger charge is 2.36. The fraction of sp³-hybridized carbons (Fsp3) is 0.316. The maximum atomic E-state index is 14.8. The van der Waals surface area contributed by atoms with Gasteiger partial charge in [0.25, 0.3) is 10.0 Å². The first-order chi connectivity index (χ1) is 23.7. The number of anilines is 1. The molecule has 1 aliphatic rings. The molecule has 1 atom stereocenters. The molecule has 0 aromatic heterocycles. The third-order valence-electron chi connectivity index (χ3n) is 8.72. The zero-order valence-electron chi connectivity index (χ0n) is 28.1. The summed E-state index contributed by atoms with van der Waals surface area (Å²) in [5.41, 5.74) is 1.79. The van der Waals surface area contributed by atoms with Crippen LogP contribution in [0.1, 0.15) is 36.8 Å². The van der Waals surface area contributed by atoms with E-state index in [2.05, 4.69) is 5.32 Å². The van der Waals surface area contributed by atoms with Crippen molar-refractivity contribution in [2.24, 2.45) is 0 Å². The third-order valence-corrected chi connectivity index (χ3v) is 10.5. The van der Waals surface area contributed by atoms with Gasteiger partial charge in [0, 0.05) is 25.1 Å². The van der Waals surface area contributed by atoms with Crippen LogP contribution in [0.25, 0.3) is 0 Å². The average Bonchev–Trinajstić information content (AvgIpc) is 3.65. The summed E-state index contributed by atoms with van der Waals surface area (Å²) in [6.45, 7) is -0.546. The van der Waals surface area contributed by atoms with Crippen LogP contribution < -0.4 is 23.8 Å². The van der Waals surface area contributed by atoms with Gasteiger partial charge in [-0.2, -0.15) is 0 Å². The zero-order chi connectivity index (χ0) is 34.8. The summed E-state index contributed by atoms with van der Waals surface area (Å²) in [4.78, 5) is 30.5. The maximum Gasteiger partial charge on any atom is 0.264 e. The number of rotatable bonds is 15. The summed E-state index contributed by atoms with van der Waals surface area (Å²) in [6.07, 6.45) is 4.03. The molecular formula is C38H43N3O7S. The molecule has 0 radical (unpaired) electrons. The number of hydrogen-bond acceptors (Lipinski definition) is 7. The van der Waals surface area contributed by atoms with Crippen LogP contribution in [0, 0.1) is 0 Å². The van der Waals surface area contributed by atoms with Gasteiger partial charge >= 0.3 is 0 Å². The van der Waals surface area contributed by atoms with E-state index >= 15 is 0 Å². The Balaban J connectivity index is 1.60. The molecule has 0 saturated heterocycles. The van der Waals surface area contributed by atoms with Crippen molar-refractivity contribution in [2.45, 2.75) is 55.6 Å². The molecule has 1 saturated carbocycles. The Hall–Kier alpha value is -5.03. The van der Waals surface area contributed by atoms with Crippen molar-refractivity contribution in [3.63, 3.8) is 0 Å². The molecule has 1 aliphatic carbocycles. The summed E-state index contributed by atoms with van der Waals surface area (Å²) < 4.78 is 46.0. The van der Waals surface area contributed by atoms with E-state index in [4.69, 9.17) is 14.2 Å². The van der Waals surface area contributed by atoms with E-state index in [0.717, 1.165) is 41.1 Å². The van der Waals surface area contributed by atoms with Crippen LogP contribution in [-0.4, -0.2) is 65.1 Å². The first kappa shape index (κ1) is 35.3. The number of methoxy groups -OCH3 is 3. The molecule has 2 amide bonds. The summed E-state index contributed by atoms with van der Waals surface area (Å²) in [6, 6.07) is 28.5. The van der Waals surface area contributed by atoms with E-state index < -0.39 is 28.5 Å². The molecule has 1 N–H and O–H groups in total. The van der Waals surface area contributed by atoms with Crippen LogP contribution in [0.2, 0.25) is 0 Å². The van der Waals surface area contributed by atoms with Crippen molar-refractivity contribution in [2.75, 3.05) is 32.2 Å². The Labute approximate surface area is 288 Å². The van der Waals surface area contributed by atoms with Gasteiger partial charge in [-0.25, -0.2) is 8.42 Å². The number of amides is 2. The summed E-state index contributed by atoms with van der Waals surface area (Å²) in [5.74, 6) is 0.460. The Bertz CT molecular complexity index is 1810. The summed E-state index contributed by atoms with van der Waals surface area (Å²) >= 11 is 0. The number of carbonyl (C=O) groups is 2. The minimum Gasteiger partial charge on any atom is -0.497 e. The van der Waals surface area contributed by atoms with Crippen LogP contribution >= 0.6 is 0 Å². The number of nitrogens with one attached hydrogen (secondary N) is 1. The van der Waals surface area contributed by atoms with Crippen LogP contribution in [0.4, 0.5) is 5.69 Å². The minimum atomic E-state index is -4.27. The van der Waals surface area contributed by atoms with Crippen LogP contribution in [0.3, 0.4) is 0 Å². The van der Waals surface area contributed by atoms with Crippen molar-refractivity contribution in [3.8, 4) is 17.2 Å². The highest BCUT2D eigenvalue weighted by atomic mass is 32.2. The number of carbonyl (C=O) groups excluding carboxylic acids is 2. The highest BCUT2D eigenvalue weighted by Crippen LogP contribution is 2.34. The second-order valence-corrected chi connectivity index (χ2v) is 13.8. The van der Waals surface area contributed by atoms with Crippen molar-refractivity contribution in [1.29, 1.82) is 0 Å². The van der Waals surface area contributed by atoms with E-state index in [1.807, 2.05) is 48.5 Å². The van der Waals surface area contributed by atoms with E-state index in [9.17, 15) is 18.0 Å². The molecule has 0 heterocycles. The molecule has 11 heteroatoms. The lowest BCUT2D eigenvalue weighted by Gasteiger charge is -2.34. The zero-order valence-corrected chi connectivity index (χ0v) is 28.9. The van der Waals surface area contributed by atoms with E-state index in [1.54, 1.807) is 43.5 Å². The second-order valence-electron chi connectivity index (χ2n) is 11.9. The Morgan fingerprint density at radius 2 is 1.43 bits per heavy atom. The van der Waals surface area contributed by atoms with E-state index in [0.29, 0.717) is 17.2 Å². The lowest BCUT2D eigenvalue weighted by Crippen LogP contribution is -2.54. The molecular weight excluding hydrogens is 642 g/mol. The number of hydrogen-bond donors (Lipinski definition) is 1. The van der Waals surface area contributed by atoms with Crippen LogP contribution in [-0.2, 0) is 32.6 Å². The van der Waals surface area contributed by atoms with Crippen molar-refractivity contribution in [3.05, 3.63) is 114 Å². The molecule has 0 spiro atoms. The van der Waals surface area contributed by atoms with Gasteiger partial charge in [0.1, 0.15) is 18.3 Å². The topological polar surface area (TPSA) is 114 Å². The van der Waals surface area contributed by atoms with Gasteiger partial charge in [-0.05, 0) is 60.4 Å². The average molecular weight is 686 g/mol. The molecule has 0 bridgehead atoms. The molecule has 1 fully saturated rings. The fourth-order valence-corrected chi connectivity index (χ4v) is 7.54. The molecule has 4 aromatic rings. The number of sulfonamides is 1. The van der Waals surface area contributed by atoms with Gasteiger partial charge in [-0.15, -0.1) is 0 Å².